The van der Waals surface area contributed by atoms with E-state index in [-0.39, 0.29) is 0 Å². The summed E-state index contributed by atoms with van der Waals surface area (Å²) in [5.41, 5.74) is 9.04. The monoisotopic (exact) mass is 211 g/mol. The van der Waals surface area contributed by atoms with Crippen LogP contribution in [0, 0.1) is 0 Å². The van der Waals surface area contributed by atoms with Crippen LogP contribution < -0.4 is 5.73 Å². The molecule has 3 nitrogen and oxygen atoms in total. The average molecular weight is 211 g/mol. The molecule has 0 radical (unpaired) electrons. The van der Waals surface area contributed by atoms with E-state index in [1.807, 2.05) is 5.51 Å². The summed E-state index contributed by atoms with van der Waals surface area (Å²) in [5.74, 6) is 0. The molecule has 0 aliphatic carbocycles. The Hall–Kier alpha value is -0.450. The number of rotatable bonds is 3. The second kappa shape index (κ2) is 4.87. The van der Waals surface area contributed by atoms with Gasteiger partial charge in [-0.15, -0.1) is 11.3 Å². The molecule has 14 heavy (non-hydrogen) atoms. The number of nitrogens with two attached hydrogens (primary N) is 1. The van der Waals surface area contributed by atoms with Crippen LogP contribution >= 0.6 is 11.3 Å². The number of thiazole rings is 1. The number of aromatic nitrogens is 1. The van der Waals surface area contributed by atoms with Gasteiger partial charge in [0.1, 0.15) is 0 Å². The van der Waals surface area contributed by atoms with Crippen molar-refractivity contribution in [1.29, 1.82) is 0 Å². The molecule has 2 rings (SSSR count). The molecule has 0 spiro atoms. The van der Waals surface area contributed by atoms with Crippen LogP contribution in [0.1, 0.15) is 18.5 Å². The topological polar surface area (TPSA) is 42.1 Å². The molecule has 1 atom stereocenters. The lowest BCUT2D eigenvalue weighted by atomic mass is 10.1. The number of likely N-dealkylation sites (tertiary alicyclic amines) is 1. The van der Waals surface area contributed by atoms with Gasteiger partial charge in [-0.3, -0.25) is 0 Å². The minimum absolute atomic E-state index is 0.388. The number of hydrogen-bond donors (Lipinski definition) is 1. The first kappa shape index (κ1) is 10.1. The highest BCUT2D eigenvalue weighted by Crippen LogP contribution is 2.09. The van der Waals surface area contributed by atoms with Crippen LogP contribution in [0.15, 0.2) is 10.9 Å². The van der Waals surface area contributed by atoms with Crippen molar-refractivity contribution in [2.75, 3.05) is 19.6 Å². The van der Waals surface area contributed by atoms with E-state index in [0.29, 0.717) is 6.04 Å². The van der Waals surface area contributed by atoms with Crippen molar-refractivity contribution in [3.8, 4) is 0 Å². The van der Waals surface area contributed by atoms with Gasteiger partial charge in [0, 0.05) is 30.9 Å². The number of hydrogen-bond acceptors (Lipinski definition) is 4. The first-order chi connectivity index (χ1) is 6.84. The van der Waals surface area contributed by atoms with E-state index in [0.717, 1.165) is 19.5 Å². The Morgan fingerprint density at radius 1 is 1.64 bits per heavy atom. The predicted octanol–water partition coefficient (Wildman–Crippen LogP) is 1.11. The van der Waals surface area contributed by atoms with Crippen LogP contribution in [0.5, 0.6) is 0 Å². The maximum absolute atomic E-state index is 5.92. The van der Waals surface area contributed by atoms with Crippen molar-refractivity contribution < 1.29 is 0 Å². The van der Waals surface area contributed by atoms with Crippen LogP contribution in [-0.2, 0) is 6.42 Å². The zero-order valence-electron chi connectivity index (χ0n) is 8.35. The predicted molar refractivity (Wildman–Crippen MR) is 59.5 cm³/mol. The number of nitrogens with zero attached hydrogens (tertiary/aromatic N) is 2. The molecule has 1 aromatic rings. The standard InChI is InChI=1S/C10H17N3S/c11-9-2-1-4-13(6-9)5-3-10-7-14-8-12-10/h7-9H,1-6,11H2. The molecule has 1 unspecified atom stereocenters. The van der Waals surface area contributed by atoms with Gasteiger partial charge >= 0.3 is 0 Å². The first-order valence-corrected chi connectivity index (χ1v) is 6.14. The molecule has 0 aromatic carbocycles. The maximum Gasteiger partial charge on any atom is 0.0794 e. The third-order valence-electron chi connectivity index (χ3n) is 2.71. The Kier molecular flexibility index (Phi) is 3.50. The maximum atomic E-state index is 5.92. The Morgan fingerprint density at radius 3 is 3.29 bits per heavy atom. The molecule has 0 amide bonds. The molecule has 2 heterocycles. The number of piperidine rings is 1. The minimum atomic E-state index is 0.388. The van der Waals surface area contributed by atoms with Gasteiger partial charge in [0.25, 0.3) is 0 Å². The van der Waals surface area contributed by atoms with Gasteiger partial charge in [-0.25, -0.2) is 4.98 Å². The highest BCUT2D eigenvalue weighted by atomic mass is 32.1. The van der Waals surface area contributed by atoms with E-state index in [1.54, 1.807) is 11.3 Å². The molecule has 0 saturated carbocycles. The van der Waals surface area contributed by atoms with Crippen LogP contribution in [0.2, 0.25) is 0 Å². The summed E-state index contributed by atoms with van der Waals surface area (Å²) in [5, 5.41) is 2.13. The van der Waals surface area contributed by atoms with E-state index in [9.17, 15) is 0 Å². The van der Waals surface area contributed by atoms with E-state index < -0.39 is 0 Å². The SMILES string of the molecule is NC1CCCN(CCc2cscn2)C1. The Morgan fingerprint density at radius 2 is 2.57 bits per heavy atom. The Balaban J connectivity index is 1.75. The summed E-state index contributed by atoms with van der Waals surface area (Å²) in [6.07, 6.45) is 3.50. The van der Waals surface area contributed by atoms with Gasteiger partial charge in [-0.05, 0) is 19.4 Å². The normalized spacial score (nSPS) is 23.9. The Bertz CT molecular complexity index is 260. The lowest BCUT2D eigenvalue weighted by molar-refractivity contribution is 0.211. The largest absolute Gasteiger partial charge is 0.327 e. The van der Waals surface area contributed by atoms with Crippen molar-refractivity contribution in [2.24, 2.45) is 5.73 Å². The smallest absolute Gasteiger partial charge is 0.0794 e. The van der Waals surface area contributed by atoms with Gasteiger partial charge in [-0.1, -0.05) is 0 Å². The average Bonchev–Trinajstić information content (AvgIpc) is 2.67. The summed E-state index contributed by atoms with van der Waals surface area (Å²) in [6, 6.07) is 0.388. The van der Waals surface area contributed by atoms with Crippen molar-refractivity contribution in [3.05, 3.63) is 16.6 Å². The van der Waals surface area contributed by atoms with Crippen molar-refractivity contribution in [1.82, 2.24) is 9.88 Å². The second-order valence-corrected chi connectivity index (χ2v) is 4.65. The van der Waals surface area contributed by atoms with Gasteiger partial charge in [0.05, 0.1) is 11.2 Å². The fourth-order valence-corrected chi connectivity index (χ4v) is 2.52. The van der Waals surface area contributed by atoms with Crippen LogP contribution in [0.4, 0.5) is 0 Å². The molecule has 4 heteroatoms. The van der Waals surface area contributed by atoms with E-state index in [1.165, 1.54) is 25.1 Å². The summed E-state index contributed by atoms with van der Waals surface area (Å²) in [6.45, 7) is 3.37. The lowest BCUT2D eigenvalue weighted by Crippen LogP contribution is -2.43. The van der Waals surface area contributed by atoms with Crippen molar-refractivity contribution in [3.63, 3.8) is 0 Å². The lowest BCUT2D eigenvalue weighted by Gasteiger charge is -2.30. The molecule has 1 aliphatic heterocycles. The molecule has 1 saturated heterocycles. The minimum Gasteiger partial charge on any atom is -0.327 e. The van der Waals surface area contributed by atoms with E-state index >= 15 is 0 Å². The highest BCUT2D eigenvalue weighted by Gasteiger charge is 2.15. The van der Waals surface area contributed by atoms with E-state index in [2.05, 4.69) is 15.3 Å². The molecule has 2 N–H and O–H groups in total. The summed E-state index contributed by atoms with van der Waals surface area (Å²) in [7, 11) is 0. The molecular formula is C10H17N3S. The fourth-order valence-electron chi connectivity index (χ4n) is 1.93. The fraction of sp³-hybridized carbons (Fsp3) is 0.700. The summed E-state index contributed by atoms with van der Waals surface area (Å²) < 4.78 is 0. The van der Waals surface area contributed by atoms with Crippen LogP contribution in [-0.4, -0.2) is 35.6 Å². The van der Waals surface area contributed by atoms with Crippen LogP contribution in [0.25, 0.3) is 0 Å². The zero-order chi connectivity index (χ0) is 9.80. The summed E-state index contributed by atoms with van der Waals surface area (Å²) >= 11 is 1.67. The third kappa shape index (κ3) is 2.77. The van der Waals surface area contributed by atoms with Crippen molar-refractivity contribution >= 4 is 11.3 Å². The molecule has 0 bridgehead atoms. The van der Waals surface area contributed by atoms with Gasteiger partial charge < -0.3 is 10.6 Å². The molecule has 78 valence electrons. The summed E-state index contributed by atoms with van der Waals surface area (Å²) in [4.78, 5) is 6.73. The molecular weight excluding hydrogens is 194 g/mol. The molecule has 1 aliphatic rings. The Labute approximate surface area is 88.9 Å². The highest BCUT2D eigenvalue weighted by molar-refractivity contribution is 7.07. The molecule has 1 aromatic heterocycles. The zero-order valence-corrected chi connectivity index (χ0v) is 9.17. The molecule has 1 fully saturated rings. The van der Waals surface area contributed by atoms with E-state index in [4.69, 9.17) is 5.73 Å². The quantitative estimate of drug-likeness (QED) is 0.814. The first-order valence-electron chi connectivity index (χ1n) is 5.19. The van der Waals surface area contributed by atoms with Crippen molar-refractivity contribution in [2.45, 2.75) is 25.3 Å². The third-order valence-corrected chi connectivity index (χ3v) is 3.34. The van der Waals surface area contributed by atoms with Gasteiger partial charge in [0.15, 0.2) is 0 Å². The van der Waals surface area contributed by atoms with Gasteiger partial charge in [-0.2, -0.15) is 0 Å². The van der Waals surface area contributed by atoms with Crippen LogP contribution in [0.3, 0.4) is 0 Å². The van der Waals surface area contributed by atoms with Gasteiger partial charge in [0.2, 0.25) is 0 Å². The second-order valence-electron chi connectivity index (χ2n) is 3.93.